The van der Waals surface area contributed by atoms with Crippen molar-refractivity contribution < 1.29 is 9.47 Å². The summed E-state index contributed by atoms with van der Waals surface area (Å²) in [7, 11) is 0. The van der Waals surface area contributed by atoms with E-state index >= 15 is 0 Å². The minimum atomic E-state index is 0.278. The second-order valence-corrected chi connectivity index (χ2v) is 3.49. The lowest BCUT2D eigenvalue weighted by atomic mass is 10.2. The first-order valence-electron chi connectivity index (χ1n) is 4.85. The lowest BCUT2D eigenvalue weighted by molar-refractivity contribution is 0.174. The molecule has 0 bridgehead atoms. The molecule has 0 aliphatic carbocycles. The summed E-state index contributed by atoms with van der Waals surface area (Å²) in [4.78, 5) is 3.86. The van der Waals surface area contributed by atoms with Crippen molar-refractivity contribution in [3.63, 3.8) is 0 Å². The van der Waals surface area contributed by atoms with E-state index in [4.69, 9.17) is 15.2 Å². The van der Waals surface area contributed by atoms with Gasteiger partial charge in [0.05, 0.1) is 6.54 Å². The number of rotatable bonds is 2. The van der Waals surface area contributed by atoms with Gasteiger partial charge < -0.3 is 15.2 Å². The number of benzene rings is 1. The summed E-state index contributed by atoms with van der Waals surface area (Å²) >= 11 is 0. The number of aromatic nitrogens is 3. The molecular weight excluding hydrogens is 208 g/mol. The highest BCUT2D eigenvalue weighted by Crippen LogP contribution is 2.32. The fraction of sp³-hybridized carbons (Fsp3) is 0.200. The fourth-order valence-corrected chi connectivity index (χ4v) is 1.61. The Labute approximate surface area is 91.6 Å². The van der Waals surface area contributed by atoms with Crippen molar-refractivity contribution in [2.24, 2.45) is 0 Å². The zero-order chi connectivity index (χ0) is 11.0. The van der Waals surface area contributed by atoms with E-state index < -0.39 is 0 Å². The molecule has 82 valence electrons. The first-order chi connectivity index (χ1) is 7.81. The Balaban J connectivity index is 1.85. The minimum absolute atomic E-state index is 0.278. The zero-order valence-electron chi connectivity index (χ0n) is 8.46. The number of fused-ring (bicyclic) bond motifs is 1. The number of hydrogen-bond donors (Lipinski definition) is 1. The second-order valence-electron chi connectivity index (χ2n) is 3.49. The molecule has 1 aliphatic heterocycles. The van der Waals surface area contributed by atoms with E-state index in [-0.39, 0.29) is 12.7 Å². The normalized spacial score (nSPS) is 13.0. The molecular formula is C10H10N4O2. The van der Waals surface area contributed by atoms with Crippen LogP contribution in [-0.4, -0.2) is 21.6 Å². The summed E-state index contributed by atoms with van der Waals surface area (Å²) in [5.41, 5.74) is 6.50. The van der Waals surface area contributed by atoms with Gasteiger partial charge in [0.1, 0.15) is 6.33 Å². The van der Waals surface area contributed by atoms with E-state index in [2.05, 4.69) is 10.1 Å². The number of ether oxygens (including phenoxy) is 2. The van der Waals surface area contributed by atoms with Crippen LogP contribution in [0.2, 0.25) is 0 Å². The molecule has 1 aromatic heterocycles. The molecule has 0 unspecified atom stereocenters. The maximum absolute atomic E-state index is 5.43. The lowest BCUT2D eigenvalue weighted by Crippen LogP contribution is -2.01. The highest BCUT2D eigenvalue weighted by Gasteiger charge is 2.13. The van der Waals surface area contributed by atoms with Gasteiger partial charge in [-0.2, -0.15) is 0 Å². The first-order valence-corrected chi connectivity index (χ1v) is 4.85. The second kappa shape index (κ2) is 3.41. The maximum atomic E-state index is 5.43. The molecule has 3 rings (SSSR count). The van der Waals surface area contributed by atoms with Crippen molar-refractivity contribution in [1.29, 1.82) is 0 Å². The third-order valence-corrected chi connectivity index (χ3v) is 2.34. The van der Waals surface area contributed by atoms with Crippen molar-refractivity contribution >= 4 is 5.95 Å². The Kier molecular flexibility index (Phi) is 1.92. The summed E-state index contributed by atoms with van der Waals surface area (Å²) in [6, 6.07) is 5.78. The lowest BCUT2D eigenvalue weighted by Gasteiger charge is -2.02. The average molecular weight is 218 g/mol. The standard InChI is InChI=1S/C10H10N4O2/c11-10-12-5-14(13-10)4-7-1-2-8-9(3-7)16-6-15-8/h1-3,5H,4,6H2,(H2,11,13). The van der Waals surface area contributed by atoms with Crippen LogP contribution >= 0.6 is 0 Å². The highest BCUT2D eigenvalue weighted by atomic mass is 16.7. The predicted molar refractivity (Wildman–Crippen MR) is 56.1 cm³/mol. The molecule has 2 aromatic rings. The number of nitrogen functional groups attached to an aromatic ring is 1. The molecule has 2 heterocycles. The summed E-state index contributed by atoms with van der Waals surface area (Å²) in [5, 5.41) is 4.01. The molecule has 0 radical (unpaired) electrons. The molecule has 0 saturated carbocycles. The average Bonchev–Trinajstić information content (AvgIpc) is 2.87. The van der Waals surface area contributed by atoms with E-state index in [1.54, 1.807) is 11.0 Å². The van der Waals surface area contributed by atoms with Gasteiger partial charge in [0.2, 0.25) is 12.7 Å². The van der Waals surface area contributed by atoms with Crippen molar-refractivity contribution in [3.8, 4) is 11.5 Å². The van der Waals surface area contributed by atoms with Gasteiger partial charge in [-0.3, -0.25) is 0 Å². The third kappa shape index (κ3) is 1.54. The zero-order valence-corrected chi connectivity index (χ0v) is 8.46. The highest BCUT2D eigenvalue weighted by molar-refractivity contribution is 5.44. The monoisotopic (exact) mass is 218 g/mol. The molecule has 6 nitrogen and oxygen atoms in total. The van der Waals surface area contributed by atoms with Gasteiger partial charge in [-0.25, -0.2) is 9.67 Å². The van der Waals surface area contributed by atoms with Gasteiger partial charge in [-0.15, -0.1) is 5.10 Å². The van der Waals surface area contributed by atoms with Crippen LogP contribution < -0.4 is 15.2 Å². The number of hydrogen-bond acceptors (Lipinski definition) is 5. The van der Waals surface area contributed by atoms with Gasteiger partial charge in [0, 0.05) is 0 Å². The van der Waals surface area contributed by atoms with Crippen LogP contribution in [0.25, 0.3) is 0 Å². The Bertz CT molecular complexity index is 523. The molecule has 1 aromatic carbocycles. The maximum Gasteiger partial charge on any atom is 0.239 e. The van der Waals surface area contributed by atoms with Crippen LogP contribution in [0.5, 0.6) is 11.5 Å². The predicted octanol–water partition coefficient (Wildman–Crippen LogP) is 0.637. The van der Waals surface area contributed by atoms with Crippen molar-refractivity contribution in [1.82, 2.24) is 14.8 Å². The Morgan fingerprint density at radius 3 is 3.00 bits per heavy atom. The van der Waals surface area contributed by atoms with Crippen molar-refractivity contribution in [3.05, 3.63) is 30.1 Å². The van der Waals surface area contributed by atoms with E-state index in [0.717, 1.165) is 17.1 Å². The van der Waals surface area contributed by atoms with Crippen LogP contribution in [0.4, 0.5) is 5.95 Å². The smallest absolute Gasteiger partial charge is 0.239 e. The van der Waals surface area contributed by atoms with Crippen LogP contribution in [0, 0.1) is 0 Å². The summed E-state index contributed by atoms with van der Waals surface area (Å²) < 4.78 is 12.2. The Morgan fingerprint density at radius 1 is 1.31 bits per heavy atom. The molecule has 2 N–H and O–H groups in total. The number of nitrogens with two attached hydrogens (primary N) is 1. The van der Waals surface area contributed by atoms with Gasteiger partial charge in [-0.1, -0.05) is 6.07 Å². The van der Waals surface area contributed by atoms with E-state index in [1.807, 2.05) is 18.2 Å². The topological polar surface area (TPSA) is 75.2 Å². The minimum Gasteiger partial charge on any atom is -0.454 e. The van der Waals surface area contributed by atoms with Gasteiger partial charge >= 0.3 is 0 Å². The fourth-order valence-electron chi connectivity index (χ4n) is 1.61. The molecule has 0 spiro atoms. The van der Waals surface area contributed by atoms with Crippen molar-refractivity contribution in [2.45, 2.75) is 6.54 Å². The molecule has 0 fully saturated rings. The summed E-state index contributed by atoms with van der Waals surface area (Å²) in [6.45, 7) is 0.899. The molecule has 16 heavy (non-hydrogen) atoms. The quantitative estimate of drug-likeness (QED) is 0.800. The van der Waals surface area contributed by atoms with Crippen LogP contribution in [0.1, 0.15) is 5.56 Å². The van der Waals surface area contributed by atoms with Gasteiger partial charge in [0.25, 0.3) is 0 Å². The summed E-state index contributed by atoms with van der Waals surface area (Å²) in [6.07, 6.45) is 1.60. The summed E-state index contributed by atoms with van der Waals surface area (Å²) in [5.74, 6) is 1.83. The first kappa shape index (κ1) is 9.02. The number of nitrogens with zero attached hydrogens (tertiary/aromatic N) is 3. The van der Waals surface area contributed by atoms with Gasteiger partial charge in [-0.05, 0) is 17.7 Å². The van der Waals surface area contributed by atoms with Crippen LogP contribution in [0.3, 0.4) is 0 Å². The van der Waals surface area contributed by atoms with Crippen LogP contribution in [-0.2, 0) is 6.54 Å². The Morgan fingerprint density at radius 2 is 2.19 bits per heavy atom. The van der Waals surface area contributed by atoms with E-state index in [0.29, 0.717) is 6.54 Å². The molecule has 1 aliphatic rings. The van der Waals surface area contributed by atoms with Crippen molar-refractivity contribution in [2.75, 3.05) is 12.5 Å². The number of anilines is 1. The molecule has 0 atom stereocenters. The Hall–Kier alpha value is -2.24. The molecule has 0 saturated heterocycles. The molecule has 0 amide bonds. The van der Waals surface area contributed by atoms with Crippen LogP contribution in [0.15, 0.2) is 24.5 Å². The largest absolute Gasteiger partial charge is 0.454 e. The third-order valence-electron chi connectivity index (χ3n) is 2.34. The SMILES string of the molecule is Nc1ncn(Cc2ccc3c(c2)OCO3)n1. The van der Waals surface area contributed by atoms with E-state index in [1.165, 1.54) is 0 Å². The van der Waals surface area contributed by atoms with E-state index in [9.17, 15) is 0 Å². The van der Waals surface area contributed by atoms with Gasteiger partial charge in [0.15, 0.2) is 11.5 Å². The molecule has 6 heteroatoms.